The first-order chi connectivity index (χ1) is 8.99. The van der Waals surface area contributed by atoms with E-state index in [0.717, 1.165) is 6.08 Å². The fourth-order valence-corrected chi connectivity index (χ4v) is 1.12. The average molecular weight is 266 g/mol. The zero-order chi connectivity index (χ0) is 14.3. The van der Waals surface area contributed by atoms with Crippen molar-refractivity contribution in [3.05, 3.63) is 46.0 Å². The summed E-state index contributed by atoms with van der Waals surface area (Å²) in [5.41, 5.74) is 2.25. The number of nitro benzene ring substituents is 1. The van der Waals surface area contributed by atoms with Gasteiger partial charge in [-0.15, -0.1) is 0 Å². The zero-order valence-electron chi connectivity index (χ0n) is 9.61. The van der Waals surface area contributed by atoms with Crippen LogP contribution in [-0.4, -0.2) is 28.5 Å². The first-order valence-electron chi connectivity index (χ1n) is 5.05. The highest BCUT2D eigenvalue weighted by Gasteiger charge is 2.04. The summed E-state index contributed by atoms with van der Waals surface area (Å²) in [6, 6.07) is 5.68. The van der Waals surface area contributed by atoms with Gasteiger partial charge in [0.25, 0.3) is 11.6 Å². The molecule has 2 N–H and O–H groups in total. The molecule has 0 aromatic heterocycles. The Morgan fingerprint density at radius 3 is 2.84 bits per heavy atom. The van der Waals surface area contributed by atoms with E-state index < -0.39 is 23.4 Å². The molecule has 1 amide bonds. The molecule has 100 valence electrons. The fraction of sp³-hybridized carbons (Fsp3) is 0.0909. The topological polar surface area (TPSA) is 119 Å². The van der Waals surface area contributed by atoms with Crippen LogP contribution in [0.3, 0.4) is 0 Å². The molecule has 0 fully saturated rings. The van der Waals surface area contributed by atoms with Crippen LogP contribution in [-0.2, 0) is 14.4 Å². The van der Waals surface area contributed by atoms with Crippen LogP contribution in [0, 0.1) is 10.1 Å². The van der Waals surface area contributed by atoms with Crippen LogP contribution in [0.2, 0.25) is 0 Å². The summed E-state index contributed by atoms with van der Waals surface area (Å²) in [5, 5.41) is 18.8. The van der Waals surface area contributed by atoms with Gasteiger partial charge >= 0.3 is 5.97 Å². The minimum absolute atomic E-state index is 0.0929. The molecule has 0 saturated heterocycles. The highest BCUT2D eigenvalue weighted by atomic mass is 16.7. The first kappa shape index (κ1) is 14.3. The maximum Gasteiger partial charge on any atom is 0.332 e. The Labute approximate surface area is 107 Å². The molecule has 0 bridgehead atoms. The smallest absolute Gasteiger partial charge is 0.332 e. The number of non-ortho nitro benzene ring substituents is 1. The molecule has 0 unspecified atom stereocenters. The van der Waals surface area contributed by atoms with Gasteiger partial charge in [0.15, 0.2) is 6.61 Å². The molecule has 0 spiro atoms. The summed E-state index contributed by atoms with van der Waals surface area (Å²) in [7, 11) is 0. The standard InChI is InChI=1S/C11H10N2O6/c14-10(12-19-7-11(15)16)5-4-8-2-1-3-9(6-8)13(17)18/h1-6H,7H2,(H,12,14)(H,15,16). The molecule has 0 heterocycles. The summed E-state index contributed by atoms with van der Waals surface area (Å²) in [6.07, 6.45) is 2.41. The number of carboxylic acid groups (broad SMARTS) is 1. The predicted molar refractivity (Wildman–Crippen MR) is 63.9 cm³/mol. The van der Waals surface area contributed by atoms with Crippen LogP contribution in [0.5, 0.6) is 0 Å². The summed E-state index contributed by atoms with van der Waals surface area (Å²) in [5.74, 6) is -1.89. The van der Waals surface area contributed by atoms with Gasteiger partial charge in [0.2, 0.25) is 0 Å². The number of amides is 1. The zero-order valence-corrected chi connectivity index (χ0v) is 9.61. The lowest BCUT2D eigenvalue weighted by molar-refractivity contribution is -0.384. The molecular weight excluding hydrogens is 256 g/mol. The first-order valence-corrected chi connectivity index (χ1v) is 5.05. The maximum absolute atomic E-state index is 11.2. The molecule has 8 nitrogen and oxygen atoms in total. The highest BCUT2D eigenvalue weighted by molar-refractivity contribution is 5.91. The van der Waals surface area contributed by atoms with Gasteiger partial charge in [-0.3, -0.25) is 19.7 Å². The third-order valence-electron chi connectivity index (χ3n) is 1.88. The number of benzene rings is 1. The van der Waals surface area contributed by atoms with E-state index in [4.69, 9.17) is 5.11 Å². The van der Waals surface area contributed by atoms with Gasteiger partial charge in [-0.05, 0) is 11.6 Å². The third-order valence-corrected chi connectivity index (χ3v) is 1.88. The lowest BCUT2D eigenvalue weighted by Crippen LogP contribution is -2.24. The molecule has 8 heteroatoms. The van der Waals surface area contributed by atoms with Gasteiger partial charge in [0.05, 0.1) is 4.92 Å². The number of hydroxylamine groups is 1. The Kier molecular flexibility index (Phi) is 5.17. The average Bonchev–Trinajstić information content (AvgIpc) is 2.36. The van der Waals surface area contributed by atoms with Crippen molar-refractivity contribution in [3.8, 4) is 0 Å². The predicted octanol–water partition coefficient (Wildman–Crippen LogP) is 0.740. The summed E-state index contributed by atoms with van der Waals surface area (Å²) in [4.78, 5) is 35.6. The molecule has 0 aliphatic rings. The maximum atomic E-state index is 11.2. The summed E-state index contributed by atoms with van der Waals surface area (Å²) < 4.78 is 0. The number of hydrogen-bond acceptors (Lipinski definition) is 5. The number of carbonyl (C=O) groups is 2. The Balaban J connectivity index is 2.56. The van der Waals surface area contributed by atoms with E-state index in [1.807, 2.05) is 5.48 Å². The van der Waals surface area contributed by atoms with Gasteiger partial charge < -0.3 is 5.11 Å². The van der Waals surface area contributed by atoms with Gasteiger partial charge in [0, 0.05) is 18.2 Å². The number of nitrogens with one attached hydrogen (secondary N) is 1. The molecule has 0 radical (unpaired) electrons. The van der Waals surface area contributed by atoms with E-state index in [2.05, 4.69) is 4.84 Å². The van der Waals surface area contributed by atoms with E-state index in [-0.39, 0.29) is 5.69 Å². The van der Waals surface area contributed by atoms with Crippen molar-refractivity contribution in [2.75, 3.05) is 6.61 Å². The van der Waals surface area contributed by atoms with Crippen LogP contribution in [0.15, 0.2) is 30.3 Å². The Bertz CT molecular complexity index is 526. The highest BCUT2D eigenvalue weighted by Crippen LogP contribution is 2.13. The van der Waals surface area contributed by atoms with Crippen molar-refractivity contribution in [1.82, 2.24) is 5.48 Å². The SMILES string of the molecule is O=C(O)CONC(=O)C=Cc1cccc([N+](=O)[O-])c1. The Morgan fingerprint density at radius 1 is 1.47 bits per heavy atom. The number of carboxylic acids is 1. The van der Waals surface area contributed by atoms with Crippen LogP contribution >= 0.6 is 0 Å². The fourth-order valence-electron chi connectivity index (χ4n) is 1.12. The van der Waals surface area contributed by atoms with Gasteiger partial charge in [-0.25, -0.2) is 10.3 Å². The molecule has 1 aromatic rings. The minimum Gasteiger partial charge on any atom is -0.479 e. The number of nitrogens with zero attached hydrogens (tertiary/aromatic N) is 1. The van der Waals surface area contributed by atoms with E-state index >= 15 is 0 Å². The summed E-state index contributed by atoms with van der Waals surface area (Å²) >= 11 is 0. The van der Waals surface area contributed by atoms with Crippen molar-refractivity contribution >= 4 is 23.6 Å². The second-order valence-corrected chi connectivity index (χ2v) is 3.33. The van der Waals surface area contributed by atoms with Gasteiger partial charge in [0.1, 0.15) is 0 Å². The number of rotatable bonds is 6. The number of hydrogen-bond donors (Lipinski definition) is 2. The molecule has 0 aliphatic heterocycles. The van der Waals surface area contributed by atoms with Crippen molar-refractivity contribution in [1.29, 1.82) is 0 Å². The molecule has 0 atom stereocenters. The van der Waals surface area contributed by atoms with E-state index in [1.54, 1.807) is 6.07 Å². The monoisotopic (exact) mass is 266 g/mol. The molecule has 1 aromatic carbocycles. The number of aliphatic carboxylic acids is 1. The Hall–Kier alpha value is -2.74. The summed E-state index contributed by atoms with van der Waals surface area (Å²) in [6.45, 7) is -0.656. The van der Waals surface area contributed by atoms with Crippen LogP contribution in [0.1, 0.15) is 5.56 Å². The van der Waals surface area contributed by atoms with Crippen molar-refractivity contribution in [2.24, 2.45) is 0 Å². The van der Waals surface area contributed by atoms with Gasteiger partial charge in [-0.2, -0.15) is 0 Å². The second-order valence-electron chi connectivity index (χ2n) is 3.33. The lowest BCUT2D eigenvalue weighted by atomic mass is 10.2. The molecule has 0 aliphatic carbocycles. The largest absolute Gasteiger partial charge is 0.479 e. The lowest BCUT2D eigenvalue weighted by Gasteiger charge is -1.99. The van der Waals surface area contributed by atoms with Crippen molar-refractivity contribution in [3.63, 3.8) is 0 Å². The van der Waals surface area contributed by atoms with Crippen LogP contribution in [0.4, 0.5) is 5.69 Å². The van der Waals surface area contributed by atoms with Gasteiger partial charge in [-0.1, -0.05) is 12.1 Å². The van der Waals surface area contributed by atoms with E-state index in [9.17, 15) is 19.7 Å². The van der Waals surface area contributed by atoms with Crippen LogP contribution in [0.25, 0.3) is 6.08 Å². The molecule has 1 rings (SSSR count). The quantitative estimate of drug-likeness (QED) is 0.445. The van der Waals surface area contributed by atoms with Crippen LogP contribution < -0.4 is 5.48 Å². The van der Waals surface area contributed by atoms with Crippen molar-refractivity contribution in [2.45, 2.75) is 0 Å². The molecular formula is C11H10N2O6. The molecule has 0 saturated carbocycles. The normalized spacial score (nSPS) is 10.3. The number of carbonyl (C=O) groups excluding carboxylic acids is 1. The van der Waals surface area contributed by atoms with Crippen molar-refractivity contribution < 1.29 is 24.5 Å². The molecule has 19 heavy (non-hydrogen) atoms. The third kappa shape index (κ3) is 5.41. The Morgan fingerprint density at radius 2 is 2.21 bits per heavy atom. The number of nitro groups is 1. The second kappa shape index (κ2) is 6.87. The van der Waals surface area contributed by atoms with E-state index in [1.165, 1.54) is 24.3 Å². The minimum atomic E-state index is -1.22. The van der Waals surface area contributed by atoms with E-state index in [0.29, 0.717) is 5.56 Å².